The summed E-state index contributed by atoms with van der Waals surface area (Å²) < 4.78 is 8.54. The van der Waals surface area contributed by atoms with Crippen molar-refractivity contribution in [3.63, 3.8) is 0 Å². The van der Waals surface area contributed by atoms with Gasteiger partial charge in [-0.15, -0.1) is 0 Å². The Hall–Kier alpha value is -1.45. The predicted octanol–water partition coefficient (Wildman–Crippen LogP) is 3.19. The van der Waals surface area contributed by atoms with Gasteiger partial charge in [0.25, 0.3) is 0 Å². The third-order valence-electron chi connectivity index (χ3n) is 4.80. The van der Waals surface area contributed by atoms with Gasteiger partial charge in [0.05, 0.1) is 5.92 Å². The molecule has 0 radical (unpaired) electrons. The van der Waals surface area contributed by atoms with E-state index in [1.165, 1.54) is 4.90 Å². The Balaban J connectivity index is 2.70. The van der Waals surface area contributed by atoms with E-state index in [2.05, 4.69) is 10.6 Å². The molecular weight excluding hydrogens is 497 g/mol. The van der Waals surface area contributed by atoms with Crippen molar-refractivity contribution >= 4 is 58.7 Å². The van der Waals surface area contributed by atoms with Gasteiger partial charge in [0.2, 0.25) is 15.6 Å². The van der Waals surface area contributed by atoms with Crippen LogP contribution < -0.4 is 10.6 Å². The van der Waals surface area contributed by atoms with Crippen LogP contribution in [0.4, 0.5) is 4.79 Å². The summed E-state index contributed by atoms with van der Waals surface area (Å²) in [5.74, 6) is -2.19. The average molecular weight is 531 g/mol. The summed E-state index contributed by atoms with van der Waals surface area (Å²) in [5.41, 5.74) is -0.712. The Bertz CT molecular complexity index is 721. The van der Waals surface area contributed by atoms with Crippen molar-refractivity contribution in [3.05, 3.63) is 0 Å². The van der Waals surface area contributed by atoms with Gasteiger partial charge in [0.1, 0.15) is 24.3 Å². The SMILES string of the molecule is CC(NC(=O)C(NC(=O)OC(C)(C)C)C(C)C)C(=O)N1CCCC(C(=O)OCC(Cl)(Cl)Cl)C1. The Labute approximate surface area is 210 Å². The standard InChI is InChI=1S/C21H34Cl3N3O6/c1-12(2)15(26-19(31)33-20(4,5)6)16(28)25-13(3)17(29)27-9-7-8-14(10-27)18(30)32-11-21(22,23)24/h12-15H,7-11H2,1-6H3,(H,25,28)(H,26,31). The highest BCUT2D eigenvalue weighted by atomic mass is 35.6. The molecule has 1 heterocycles. The molecule has 0 aromatic carbocycles. The van der Waals surface area contributed by atoms with Crippen LogP contribution in [0.2, 0.25) is 0 Å². The smallest absolute Gasteiger partial charge is 0.408 e. The maximum absolute atomic E-state index is 12.9. The van der Waals surface area contributed by atoms with Crippen molar-refractivity contribution in [2.24, 2.45) is 11.8 Å². The van der Waals surface area contributed by atoms with Crippen LogP contribution in [0.25, 0.3) is 0 Å². The van der Waals surface area contributed by atoms with Gasteiger partial charge in [-0.3, -0.25) is 14.4 Å². The number of nitrogens with zero attached hydrogens (tertiary/aromatic N) is 1. The van der Waals surface area contributed by atoms with E-state index in [0.717, 1.165) is 0 Å². The van der Waals surface area contributed by atoms with Gasteiger partial charge in [0, 0.05) is 13.1 Å². The first-order valence-corrected chi connectivity index (χ1v) is 12.0. The molecule has 12 heteroatoms. The molecule has 3 amide bonds. The number of hydrogen-bond donors (Lipinski definition) is 2. The molecule has 3 atom stereocenters. The summed E-state index contributed by atoms with van der Waals surface area (Å²) in [6.45, 7) is 10.5. The molecule has 0 saturated carbocycles. The molecule has 0 aromatic rings. The summed E-state index contributed by atoms with van der Waals surface area (Å²) in [5, 5.41) is 5.20. The first-order chi connectivity index (χ1) is 15.0. The summed E-state index contributed by atoms with van der Waals surface area (Å²) in [6, 6.07) is -1.75. The van der Waals surface area contributed by atoms with Crippen LogP contribution in [0.15, 0.2) is 0 Å². The van der Waals surface area contributed by atoms with E-state index in [1.807, 2.05) is 0 Å². The topological polar surface area (TPSA) is 114 Å². The van der Waals surface area contributed by atoms with Crippen LogP contribution in [0.5, 0.6) is 0 Å². The molecule has 0 aliphatic carbocycles. The molecule has 1 fully saturated rings. The second-order valence-electron chi connectivity index (χ2n) is 9.44. The fourth-order valence-electron chi connectivity index (χ4n) is 3.25. The van der Waals surface area contributed by atoms with E-state index in [0.29, 0.717) is 19.4 Å². The minimum Gasteiger partial charge on any atom is -0.461 e. The van der Waals surface area contributed by atoms with E-state index >= 15 is 0 Å². The first-order valence-electron chi connectivity index (χ1n) is 10.8. The largest absolute Gasteiger partial charge is 0.461 e. The number of carbonyl (C=O) groups is 4. The zero-order chi connectivity index (χ0) is 25.6. The monoisotopic (exact) mass is 529 g/mol. The van der Waals surface area contributed by atoms with E-state index in [9.17, 15) is 19.2 Å². The fraction of sp³-hybridized carbons (Fsp3) is 0.810. The summed E-state index contributed by atoms with van der Waals surface area (Å²) in [4.78, 5) is 51.5. The van der Waals surface area contributed by atoms with Crippen molar-refractivity contribution in [3.8, 4) is 0 Å². The van der Waals surface area contributed by atoms with Gasteiger partial charge in [-0.1, -0.05) is 48.7 Å². The lowest BCUT2D eigenvalue weighted by Crippen LogP contribution is -2.56. The Morgan fingerprint density at radius 3 is 2.18 bits per heavy atom. The molecule has 1 rings (SSSR count). The maximum atomic E-state index is 12.9. The summed E-state index contributed by atoms with van der Waals surface area (Å²) >= 11 is 16.8. The lowest BCUT2D eigenvalue weighted by atomic mass is 9.97. The predicted molar refractivity (Wildman–Crippen MR) is 126 cm³/mol. The summed E-state index contributed by atoms with van der Waals surface area (Å²) in [6.07, 6.45) is 0.412. The number of carbonyl (C=O) groups excluding carboxylic acids is 4. The zero-order valence-electron chi connectivity index (χ0n) is 19.9. The number of esters is 1. The Morgan fingerprint density at radius 1 is 1.06 bits per heavy atom. The van der Waals surface area contributed by atoms with E-state index in [-0.39, 0.29) is 25.0 Å². The number of likely N-dealkylation sites (tertiary alicyclic amines) is 1. The molecule has 2 N–H and O–H groups in total. The molecule has 0 aromatic heterocycles. The van der Waals surface area contributed by atoms with Crippen LogP contribution in [-0.2, 0) is 23.9 Å². The molecule has 1 aliphatic rings. The molecule has 3 unspecified atom stereocenters. The van der Waals surface area contributed by atoms with Crippen molar-refractivity contribution in [2.75, 3.05) is 19.7 Å². The molecular formula is C21H34Cl3N3O6. The number of hydrogen-bond acceptors (Lipinski definition) is 6. The third-order valence-corrected chi connectivity index (χ3v) is 5.12. The number of halogens is 3. The lowest BCUT2D eigenvalue weighted by molar-refractivity contribution is -0.152. The van der Waals surface area contributed by atoms with Crippen LogP contribution >= 0.6 is 34.8 Å². The molecule has 1 aliphatic heterocycles. The Morgan fingerprint density at radius 2 is 1.67 bits per heavy atom. The van der Waals surface area contributed by atoms with E-state index in [4.69, 9.17) is 44.3 Å². The van der Waals surface area contributed by atoms with Crippen molar-refractivity contribution < 1.29 is 28.7 Å². The van der Waals surface area contributed by atoms with Crippen LogP contribution in [0.3, 0.4) is 0 Å². The lowest BCUT2D eigenvalue weighted by Gasteiger charge is -2.34. The van der Waals surface area contributed by atoms with Gasteiger partial charge in [-0.2, -0.15) is 0 Å². The second kappa shape index (κ2) is 12.3. The van der Waals surface area contributed by atoms with Crippen LogP contribution in [0, 0.1) is 11.8 Å². The van der Waals surface area contributed by atoms with Gasteiger partial charge < -0.3 is 25.0 Å². The quantitative estimate of drug-likeness (QED) is 0.386. The van der Waals surface area contributed by atoms with Crippen molar-refractivity contribution in [1.82, 2.24) is 15.5 Å². The molecule has 0 spiro atoms. The highest BCUT2D eigenvalue weighted by Crippen LogP contribution is 2.27. The third kappa shape index (κ3) is 11.0. The number of piperidine rings is 1. The van der Waals surface area contributed by atoms with Gasteiger partial charge in [-0.05, 0) is 46.5 Å². The summed E-state index contributed by atoms with van der Waals surface area (Å²) in [7, 11) is 0. The van der Waals surface area contributed by atoms with E-state index < -0.39 is 45.4 Å². The average Bonchev–Trinajstić information content (AvgIpc) is 2.67. The minimum atomic E-state index is -1.71. The molecule has 190 valence electrons. The minimum absolute atomic E-state index is 0.140. The normalized spacial score (nSPS) is 18.8. The molecule has 33 heavy (non-hydrogen) atoms. The molecule has 1 saturated heterocycles. The molecule has 0 bridgehead atoms. The number of ether oxygens (including phenoxy) is 2. The first kappa shape index (κ1) is 29.6. The number of rotatable bonds is 7. The number of nitrogens with one attached hydrogen (secondary N) is 2. The number of alkyl carbamates (subject to hydrolysis) is 1. The highest BCUT2D eigenvalue weighted by molar-refractivity contribution is 6.67. The van der Waals surface area contributed by atoms with Crippen LogP contribution in [-0.4, -0.2) is 70.0 Å². The number of alkyl halides is 3. The maximum Gasteiger partial charge on any atom is 0.408 e. The Kier molecular flexibility index (Phi) is 11.0. The van der Waals surface area contributed by atoms with Crippen LogP contribution in [0.1, 0.15) is 54.4 Å². The zero-order valence-corrected chi connectivity index (χ0v) is 22.1. The van der Waals surface area contributed by atoms with Gasteiger partial charge in [-0.25, -0.2) is 4.79 Å². The fourth-order valence-corrected chi connectivity index (χ4v) is 3.41. The highest BCUT2D eigenvalue weighted by Gasteiger charge is 2.34. The second-order valence-corrected chi connectivity index (χ2v) is 12.0. The van der Waals surface area contributed by atoms with Gasteiger partial charge in [0.15, 0.2) is 0 Å². The molecule has 9 nitrogen and oxygen atoms in total. The van der Waals surface area contributed by atoms with Crippen molar-refractivity contribution in [2.45, 2.75) is 75.9 Å². The van der Waals surface area contributed by atoms with Crippen molar-refractivity contribution in [1.29, 1.82) is 0 Å². The van der Waals surface area contributed by atoms with E-state index in [1.54, 1.807) is 41.5 Å². The van der Waals surface area contributed by atoms with Gasteiger partial charge >= 0.3 is 12.1 Å². The number of amides is 3.